The van der Waals surface area contributed by atoms with Crippen molar-refractivity contribution >= 4 is 17.7 Å². The van der Waals surface area contributed by atoms with Gasteiger partial charge in [0.25, 0.3) is 0 Å². The predicted molar refractivity (Wildman–Crippen MR) is 67.4 cm³/mol. The molecule has 0 amide bonds. The summed E-state index contributed by atoms with van der Waals surface area (Å²) < 4.78 is 14.9. The van der Waals surface area contributed by atoms with Gasteiger partial charge in [-0.1, -0.05) is 13.8 Å². The van der Waals surface area contributed by atoms with E-state index in [1.165, 1.54) is 14.2 Å². The minimum Gasteiger partial charge on any atom is -0.481 e. The number of ether oxygens (including phenoxy) is 3. The smallest absolute Gasteiger partial charge is 0.348 e. The van der Waals surface area contributed by atoms with Crippen LogP contribution in [0.4, 0.5) is 0 Å². The summed E-state index contributed by atoms with van der Waals surface area (Å²) in [5.74, 6) is -2.11. The summed E-state index contributed by atoms with van der Waals surface area (Å²) in [6.45, 7) is 3.88. The van der Waals surface area contributed by atoms with Crippen LogP contribution in [0.1, 0.15) is 26.7 Å². The number of hydrogen-bond donors (Lipinski definition) is 0. The van der Waals surface area contributed by atoms with Gasteiger partial charge in [-0.25, -0.2) is 4.79 Å². The number of ketones is 1. The van der Waals surface area contributed by atoms with Crippen LogP contribution < -0.4 is 0 Å². The highest BCUT2D eigenvalue weighted by atomic mass is 16.6. The lowest BCUT2D eigenvalue weighted by Gasteiger charge is -2.28. The van der Waals surface area contributed by atoms with E-state index in [0.29, 0.717) is 18.6 Å². The van der Waals surface area contributed by atoms with Crippen molar-refractivity contribution in [2.24, 2.45) is 11.3 Å². The average molecular weight is 282 g/mol. The van der Waals surface area contributed by atoms with Crippen molar-refractivity contribution in [2.75, 3.05) is 14.2 Å². The van der Waals surface area contributed by atoms with Crippen molar-refractivity contribution in [3.63, 3.8) is 0 Å². The molecule has 20 heavy (non-hydrogen) atoms. The Morgan fingerprint density at radius 3 is 2.30 bits per heavy atom. The zero-order valence-electron chi connectivity index (χ0n) is 12.0. The monoisotopic (exact) mass is 282 g/mol. The Labute approximate surface area is 117 Å². The molecule has 0 N–H and O–H groups in total. The standard InChI is InChI=1S/C14H18O6/c1-14(2)5-7(15)9-8(6-14)20-11(13(17)19-4)10(9)12(16)18-3/h10-11H,5-6H2,1-4H3. The molecule has 0 saturated heterocycles. The third kappa shape index (κ3) is 2.30. The summed E-state index contributed by atoms with van der Waals surface area (Å²) in [6, 6.07) is 0. The summed E-state index contributed by atoms with van der Waals surface area (Å²) in [7, 11) is 2.43. The molecule has 2 aliphatic rings. The van der Waals surface area contributed by atoms with Gasteiger partial charge in [-0.3, -0.25) is 9.59 Å². The third-order valence-corrected chi connectivity index (χ3v) is 3.65. The van der Waals surface area contributed by atoms with E-state index in [1.807, 2.05) is 13.8 Å². The minimum absolute atomic E-state index is 0.168. The molecule has 0 aromatic carbocycles. The molecule has 1 aliphatic heterocycles. The molecule has 0 spiro atoms. The van der Waals surface area contributed by atoms with Gasteiger partial charge in [0.1, 0.15) is 11.7 Å². The van der Waals surface area contributed by atoms with Crippen LogP contribution in [0.3, 0.4) is 0 Å². The van der Waals surface area contributed by atoms with E-state index in [-0.39, 0.29) is 16.8 Å². The molecular weight excluding hydrogens is 264 g/mol. The van der Waals surface area contributed by atoms with Crippen molar-refractivity contribution in [1.29, 1.82) is 0 Å². The van der Waals surface area contributed by atoms with Gasteiger partial charge >= 0.3 is 11.9 Å². The number of methoxy groups -OCH3 is 2. The second-order valence-electron chi connectivity index (χ2n) is 5.84. The summed E-state index contributed by atoms with van der Waals surface area (Å²) in [5, 5.41) is 0. The lowest BCUT2D eigenvalue weighted by atomic mass is 9.74. The van der Waals surface area contributed by atoms with Crippen LogP contribution in [-0.4, -0.2) is 38.0 Å². The molecule has 1 heterocycles. The number of esters is 2. The first-order chi connectivity index (χ1) is 9.30. The maximum absolute atomic E-state index is 12.3. The number of allylic oxidation sites excluding steroid dienone is 1. The molecular formula is C14H18O6. The Bertz CT molecular complexity index is 502. The van der Waals surface area contributed by atoms with E-state index < -0.39 is 24.0 Å². The van der Waals surface area contributed by atoms with Gasteiger partial charge in [0.05, 0.1) is 19.8 Å². The fourth-order valence-corrected chi connectivity index (χ4v) is 2.77. The van der Waals surface area contributed by atoms with Gasteiger partial charge in [0.2, 0.25) is 6.10 Å². The second kappa shape index (κ2) is 4.92. The molecule has 6 heteroatoms. The number of carbonyl (C=O) groups excluding carboxylic acids is 3. The SMILES string of the molecule is COC(=O)C1OC2=C(C(=O)CC(C)(C)C2)C1C(=O)OC. The Balaban J connectivity index is 2.42. The van der Waals surface area contributed by atoms with Gasteiger partial charge in [-0.05, 0) is 5.41 Å². The second-order valence-corrected chi connectivity index (χ2v) is 5.84. The van der Waals surface area contributed by atoms with E-state index in [2.05, 4.69) is 4.74 Å². The molecule has 0 aromatic rings. The van der Waals surface area contributed by atoms with Crippen molar-refractivity contribution < 1.29 is 28.6 Å². The summed E-state index contributed by atoms with van der Waals surface area (Å²) in [6.07, 6.45) is -0.304. The van der Waals surface area contributed by atoms with E-state index in [1.54, 1.807) is 0 Å². The van der Waals surface area contributed by atoms with Gasteiger partial charge in [0.15, 0.2) is 5.78 Å². The first-order valence-corrected chi connectivity index (χ1v) is 6.39. The van der Waals surface area contributed by atoms with E-state index in [9.17, 15) is 14.4 Å². The van der Waals surface area contributed by atoms with Crippen LogP contribution in [-0.2, 0) is 28.6 Å². The maximum Gasteiger partial charge on any atom is 0.348 e. The van der Waals surface area contributed by atoms with Crippen LogP contribution in [0.25, 0.3) is 0 Å². The molecule has 2 unspecified atom stereocenters. The van der Waals surface area contributed by atoms with Crippen LogP contribution in [0, 0.1) is 11.3 Å². The average Bonchev–Trinajstić information content (AvgIpc) is 2.74. The van der Waals surface area contributed by atoms with Gasteiger partial charge in [-0.15, -0.1) is 0 Å². The van der Waals surface area contributed by atoms with Crippen LogP contribution in [0.2, 0.25) is 0 Å². The first kappa shape index (κ1) is 14.6. The quantitative estimate of drug-likeness (QED) is 0.703. The number of carbonyl (C=O) groups is 3. The van der Waals surface area contributed by atoms with Crippen molar-refractivity contribution in [2.45, 2.75) is 32.8 Å². The van der Waals surface area contributed by atoms with Crippen LogP contribution >= 0.6 is 0 Å². The molecule has 2 rings (SSSR count). The maximum atomic E-state index is 12.3. The van der Waals surface area contributed by atoms with E-state index in [4.69, 9.17) is 9.47 Å². The Kier molecular flexibility index (Phi) is 3.58. The lowest BCUT2D eigenvalue weighted by molar-refractivity contribution is -0.160. The minimum atomic E-state index is -1.13. The highest BCUT2D eigenvalue weighted by Crippen LogP contribution is 2.45. The molecule has 0 bridgehead atoms. The number of rotatable bonds is 2. The van der Waals surface area contributed by atoms with Crippen LogP contribution in [0.15, 0.2) is 11.3 Å². The van der Waals surface area contributed by atoms with E-state index in [0.717, 1.165) is 0 Å². The summed E-state index contributed by atoms with van der Waals surface area (Å²) in [4.78, 5) is 36.0. The molecule has 110 valence electrons. The van der Waals surface area contributed by atoms with Crippen molar-refractivity contribution in [3.05, 3.63) is 11.3 Å². The number of hydrogen-bond acceptors (Lipinski definition) is 6. The normalized spacial score (nSPS) is 27.7. The van der Waals surface area contributed by atoms with Crippen molar-refractivity contribution in [1.82, 2.24) is 0 Å². The largest absolute Gasteiger partial charge is 0.481 e. The molecule has 6 nitrogen and oxygen atoms in total. The van der Waals surface area contributed by atoms with Crippen molar-refractivity contribution in [3.8, 4) is 0 Å². The molecule has 0 fully saturated rings. The Morgan fingerprint density at radius 1 is 1.15 bits per heavy atom. The highest BCUT2D eigenvalue weighted by Gasteiger charge is 2.52. The van der Waals surface area contributed by atoms with Gasteiger partial charge in [0, 0.05) is 12.8 Å². The molecule has 2 atom stereocenters. The summed E-state index contributed by atoms with van der Waals surface area (Å²) in [5.41, 5.74) is 0.0216. The highest BCUT2D eigenvalue weighted by molar-refractivity contribution is 6.05. The predicted octanol–water partition coefficient (Wildman–Crippen LogP) is 0.991. The molecule has 0 saturated carbocycles. The van der Waals surface area contributed by atoms with Crippen LogP contribution in [0.5, 0.6) is 0 Å². The molecule has 0 radical (unpaired) electrons. The zero-order valence-corrected chi connectivity index (χ0v) is 12.0. The zero-order chi connectivity index (χ0) is 15.1. The summed E-state index contributed by atoms with van der Waals surface area (Å²) >= 11 is 0. The molecule has 1 aliphatic carbocycles. The first-order valence-electron chi connectivity index (χ1n) is 6.39. The fraction of sp³-hybridized carbons (Fsp3) is 0.643. The van der Waals surface area contributed by atoms with Gasteiger partial charge in [-0.2, -0.15) is 0 Å². The third-order valence-electron chi connectivity index (χ3n) is 3.65. The topological polar surface area (TPSA) is 78.9 Å². The Morgan fingerprint density at radius 2 is 1.75 bits per heavy atom. The number of Topliss-reactive ketones (excluding diaryl/α,β-unsaturated/α-hetero) is 1. The lowest BCUT2D eigenvalue weighted by Crippen LogP contribution is -2.37. The molecule has 0 aromatic heterocycles. The van der Waals surface area contributed by atoms with E-state index >= 15 is 0 Å². The fourth-order valence-electron chi connectivity index (χ4n) is 2.77. The Hall–Kier alpha value is -1.85. The van der Waals surface area contributed by atoms with Gasteiger partial charge < -0.3 is 14.2 Å².